The van der Waals surface area contributed by atoms with E-state index >= 15 is 0 Å². The normalized spacial score (nSPS) is 12.5. The Morgan fingerprint density at radius 1 is 1.11 bits per heavy atom. The molecule has 180 valence electrons. The molecule has 1 atom stereocenters. The van der Waals surface area contributed by atoms with Crippen molar-refractivity contribution in [2.75, 3.05) is 24.3 Å². The molecule has 1 unspecified atom stereocenters. The first kappa shape index (κ1) is 22.8. The lowest BCUT2D eigenvalue weighted by molar-refractivity contribution is 0.779. The number of hydrogen-bond donors (Lipinski definition) is 3. The second-order valence-electron chi connectivity index (χ2n) is 8.63. The monoisotopic (exact) mass is 490 g/mol. The van der Waals surface area contributed by atoms with Gasteiger partial charge in [0.05, 0.1) is 28.6 Å². The predicted molar refractivity (Wildman–Crippen MR) is 140 cm³/mol. The molecule has 0 bridgehead atoms. The zero-order valence-electron chi connectivity index (χ0n) is 20.1. The number of fused-ring (bicyclic) bond motifs is 2. The van der Waals surface area contributed by atoms with E-state index < -0.39 is 0 Å². The number of imidazole rings is 1. The molecule has 0 radical (unpaired) electrons. The van der Waals surface area contributed by atoms with Crippen molar-refractivity contribution < 1.29 is 0 Å². The number of aromatic amines is 2. The number of pyridine rings is 2. The van der Waals surface area contributed by atoms with Gasteiger partial charge in [-0.1, -0.05) is 13.8 Å². The molecule has 12 heteroatoms. The second kappa shape index (κ2) is 9.02. The number of aromatic nitrogens is 8. The molecule has 11 nitrogen and oxygen atoms in total. The van der Waals surface area contributed by atoms with E-state index in [1.54, 1.807) is 47.3 Å². The van der Waals surface area contributed by atoms with Crippen LogP contribution in [0, 0.1) is 0 Å². The highest BCUT2D eigenvalue weighted by atomic mass is 32.2. The number of thioether (sulfide) groups is 1. The van der Waals surface area contributed by atoms with Crippen molar-refractivity contribution in [2.24, 2.45) is 7.05 Å². The molecule has 35 heavy (non-hydrogen) atoms. The van der Waals surface area contributed by atoms with Crippen LogP contribution in [0.2, 0.25) is 0 Å². The molecule has 0 amide bonds. The van der Waals surface area contributed by atoms with Gasteiger partial charge in [0, 0.05) is 45.0 Å². The van der Waals surface area contributed by atoms with Gasteiger partial charge in [-0.05, 0) is 12.1 Å². The van der Waals surface area contributed by atoms with E-state index in [1.165, 1.54) is 0 Å². The molecule has 0 fully saturated rings. The summed E-state index contributed by atoms with van der Waals surface area (Å²) < 4.78 is 1.67. The molecule has 0 aromatic carbocycles. The maximum atomic E-state index is 13.4. The summed E-state index contributed by atoms with van der Waals surface area (Å²) >= 11 is 1.65. The molecule has 0 aliphatic carbocycles. The van der Waals surface area contributed by atoms with Crippen LogP contribution < -0.4 is 15.8 Å². The van der Waals surface area contributed by atoms with Crippen molar-refractivity contribution in [1.29, 1.82) is 0 Å². The van der Waals surface area contributed by atoms with Crippen molar-refractivity contribution in [1.82, 2.24) is 39.7 Å². The van der Waals surface area contributed by atoms with E-state index in [-0.39, 0.29) is 16.2 Å². The number of nitrogens with zero attached hydrogens (tertiary/aromatic N) is 7. The average Bonchev–Trinajstić information content (AvgIpc) is 3.40. The Balaban J connectivity index is 1.71. The van der Waals surface area contributed by atoms with Crippen LogP contribution in [0.3, 0.4) is 0 Å². The van der Waals surface area contributed by atoms with Crippen LogP contribution in [0.15, 0.2) is 41.7 Å². The van der Waals surface area contributed by atoms with Gasteiger partial charge in [0.2, 0.25) is 0 Å². The van der Waals surface area contributed by atoms with Crippen molar-refractivity contribution in [3.05, 3.63) is 53.1 Å². The minimum Gasteiger partial charge on any atom is -0.376 e. The minimum atomic E-state index is -0.315. The molecule has 5 rings (SSSR count). The minimum absolute atomic E-state index is 0.279. The van der Waals surface area contributed by atoms with E-state index in [9.17, 15) is 4.79 Å². The molecule has 0 aliphatic heterocycles. The highest BCUT2D eigenvalue weighted by Gasteiger charge is 2.25. The summed E-state index contributed by atoms with van der Waals surface area (Å²) in [5.74, 6) is 1.02. The molecule has 5 aromatic heterocycles. The summed E-state index contributed by atoms with van der Waals surface area (Å²) in [5.41, 5.74) is 4.04. The lowest BCUT2D eigenvalue weighted by atomic mass is 10.2. The summed E-state index contributed by atoms with van der Waals surface area (Å²) in [6, 6.07) is 3.73. The van der Waals surface area contributed by atoms with Crippen LogP contribution in [0.1, 0.15) is 25.0 Å². The third-order valence-corrected chi connectivity index (χ3v) is 6.52. The van der Waals surface area contributed by atoms with Gasteiger partial charge in [-0.3, -0.25) is 9.48 Å². The Bertz CT molecular complexity index is 1550. The molecule has 0 saturated heterocycles. The number of rotatable bonds is 7. The molecular weight excluding hydrogens is 464 g/mol. The molecule has 0 aliphatic rings. The summed E-state index contributed by atoms with van der Waals surface area (Å²) in [6.07, 6.45) is 6.94. The highest BCUT2D eigenvalue weighted by molar-refractivity contribution is 8.00. The number of hydrogen-bond acceptors (Lipinski definition) is 9. The Hall–Kier alpha value is -3.93. The van der Waals surface area contributed by atoms with Gasteiger partial charge in [-0.2, -0.15) is 5.10 Å². The maximum Gasteiger partial charge on any atom is 0.261 e. The van der Waals surface area contributed by atoms with Crippen LogP contribution >= 0.6 is 11.8 Å². The van der Waals surface area contributed by atoms with Crippen LogP contribution in [0.4, 0.5) is 11.4 Å². The Morgan fingerprint density at radius 3 is 2.60 bits per heavy atom. The average molecular weight is 491 g/mol. The Morgan fingerprint density at radius 2 is 1.89 bits per heavy atom. The molecule has 0 saturated carbocycles. The third kappa shape index (κ3) is 4.44. The van der Waals surface area contributed by atoms with Crippen LogP contribution in [0.5, 0.6) is 0 Å². The first-order valence-corrected chi connectivity index (χ1v) is 12.1. The molecule has 0 spiro atoms. The standard InChI is InChI=1S/C23H26N10OS/c1-12(2)35-23(21-24-7-6-8-25-21)29-18-16(22(34)28-15-11-33(5)31-17(15)18)20-27-14-9-13(32(3)4)10-26-19(14)30-20/h6-12,23,29H,1-5H3,(H,28,34)(H,26,27,30). The van der Waals surface area contributed by atoms with E-state index in [0.717, 1.165) is 11.2 Å². The largest absolute Gasteiger partial charge is 0.376 e. The fraction of sp³-hybridized carbons (Fsp3) is 0.304. The third-order valence-electron chi connectivity index (χ3n) is 5.37. The van der Waals surface area contributed by atoms with E-state index in [2.05, 4.69) is 54.2 Å². The van der Waals surface area contributed by atoms with Crippen molar-refractivity contribution in [2.45, 2.75) is 24.5 Å². The molecule has 5 heterocycles. The fourth-order valence-electron chi connectivity index (χ4n) is 3.81. The zero-order chi connectivity index (χ0) is 24.7. The summed E-state index contributed by atoms with van der Waals surface area (Å²) in [7, 11) is 5.70. The van der Waals surface area contributed by atoms with Gasteiger partial charge in [-0.15, -0.1) is 11.8 Å². The summed E-state index contributed by atoms with van der Waals surface area (Å²) in [6.45, 7) is 4.20. The summed E-state index contributed by atoms with van der Waals surface area (Å²) in [5, 5.41) is 8.11. The van der Waals surface area contributed by atoms with E-state index in [0.29, 0.717) is 39.6 Å². The number of H-pyrrole nitrogens is 2. The smallest absolute Gasteiger partial charge is 0.261 e. The van der Waals surface area contributed by atoms with Gasteiger partial charge in [0.25, 0.3) is 5.56 Å². The van der Waals surface area contributed by atoms with E-state index in [1.807, 2.05) is 32.1 Å². The van der Waals surface area contributed by atoms with Crippen LogP contribution in [-0.4, -0.2) is 59.0 Å². The van der Waals surface area contributed by atoms with Gasteiger partial charge >= 0.3 is 0 Å². The van der Waals surface area contributed by atoms with Gasteiger partial charge in [0.15, 0.2) is 11.5 Å². The number of aryl methyl sites for hydroxylation is 1. The molecule has 3 N–H and O–H groups in total. The van der Waals surface area contributed by atoms with E-state index in [4.69, 9.17) is 0 Å². The van der Waals surface area contributed by atoms with Gasteiger partial charge in [-0.25, -0.2) is 19.9 Å². The van der Waals surface area contributed by atoms with Crippen molar-refractivity contribution in [3.8, 4) is 11.4 Å². The second-order valence-corrected chi connectivity index (χ2v) is 10.3. The number of anilines is 2. The zero-order valence-corrected chi connectivity index (χ0v) is 20.9. The Kier molecular flexibility index (Phi) is 5.89. The van der Waals surface area contributed by atoms with Crippen LogP contribution in [0.25, 0.3) is 33.6 Å². The van der Waals surface area contributed by atoms with Gasteiger partial charge < -0.3 is 20.2 Å². The quantitative estimate of drug-likeness (QED) is 0.294. The van der Waals surface area contributed by atoms with Crippen molar-refractivity contribution >= 4 is 45.3 Å². The SMILES string of the molecule is CC(C)SC(Nc1c(-c2nc3ncc(N(C)C)cc3[nH]2)c(=O)[nH]c2cn(C)nc12)c1ncccn1. The first-order valence-electron chi connectivity index (χ1n) is 11.1. The molecule has 5 aromatic rings. The lowest BCUT2D eigenvalue weighted by Gasteiger charge is -2.21. The van der Waals surface area contributed by atoms with Crippen molar-refractivity contribution in [3.63, 3.8) is 0 Å². The summed E-state index contributed by atoms with van der Waals surface area (Å²) in [4.78, 5) is 39.6. The highest BCUT2D eigenvalue weighted by Crippen LogP contribution is 2.37. The maximum absolute atomic E-state index is 13.4. The topological polar surface area (TPSA) is 133 Å². The van der Waals surface area contributed by atoms with Crippen LogP contribution in [-0.2, 0) is 7.05 Å². The molecular formula is C23H26N10OS. The first-order chi connectivity index (χ1) is 16.8. The fourth-order valence-corrected chi connectivity index (χ4v) is 4.78. The number of nitrogens with one attached hydrogen (secondary N) is 3. The van der Waals surface area contributed by atoms with Gasteiger partial charge in [0.1, 0.15) is 22.3 Å². The Labute approximate surface area is 205 Å². The predicted octanol–water partition coefficient (Wildman–Crippen LogP) is 3.31. The lowest BCUT2D eigenvalue weighted by Crippen LogP contribution is -2.18.